The van der Waals surface area contributed by atoms with Crippen molar-refractivity contribution in [3.63, 3.8) is 0 Å². The minimum atomic E-state index is -3.48. The molecule has 1 aromatic carbocycles. The number of benzene rings is 1. The van der Waals surface area contributed by atoms with Gasteiger partial charge in [0, 0.05) is 23.6 Å². The predicted molar refractivity (Wildman–Crippen MR) is 91.5 cm³/mol. The molecule has 0 bridgehead atoms. The van der Waals surface area contributed by atoms with Gasteiger partial charge in [-0.2, -0.15) is 4.31 Å². The van der Waals surface area contributed by atoms with Crippen molar-refractivity contribution in [3.05, 3.63) is 27.7 Å². The Labute approximate surface area is 145 Å². The summed E-state index contributed by atoms with van der Waals surface area (Å²) in [5.41, 5.74) is 5.91. The number of hydrogen-bond donors (Lipinski definition) is 1. The van der Waals surface area contributed by atoms with Crippen LogP contribution in [-0.2, 0) is 10.0 Å². The number of halogens is 3. The molecular weight excluding hydrogens is 399 g/mol. The van der Waals surface area contributed by atoms with E-state index in [9.17, 15) is 8.42 Å². The molecule has 0 aromatic heterocycles. The van der Waals surface area contributed by atoms with Crippen LogP contribution in [0.2, 0.25) is 5.02 Å². The zero-order chi connectivity index (χ0) is 14.9. The van der Waals surface area contributed by atoms with Crippen LogP contribution < -0.4 is 5.73 Å². The average Bonchev–Trinajstić information content (AvgIpc) is 2.42. The standard InChI is InChI=1S/C13H18BrClN2O2S.ClH/c1-9(16)10-3-2-6-17(8-10)20(18,19)11-4-5-13(15)12(14)7-11;/h4-5,7,9-10H,2-3,6,8,16H2,1H3;1H. The Balaban J connectivity index is 0.00000220. The SMILES string of the molecule is CC(N)C1CCCN(S(=O)(=O)c2ccc(Cl)c(Br)c2)C1.Cl. The Hall–Kier alpha value is 0.150. The highest BCUT2D eigenvalue weighted by molar-refractivity contribution is 9.10. The van der Waals surface area contributed by atoms with Gasteiger partial charge in [0.25, 0.3) is 0 Å². The van der Waals surface area contributed by atoms with Crippen LogP contribution in [0.4, 0.5) is 0 Å². The van der Waals surface area contributed by atoms with Crippen molar-refractivity contribution in [3.8, 4) is 0 Å². The first-order valence-electron chi connectivity index (χ1n) is 6.53. The van der Waals surface area contributed by atoms with Crippen molar-refractivity contribution < 1.29 is 8.42 Å². The molecule has 1 aliphatic rings. The van der Waals surface area contributed by atoms with E-state index in [2.05, 4.69) is 15.9 Å². The van der Waals surface area contributed by atoms with Gasteiger partial charge in [-0.05, 0) is 59.8 Å². The maximum atomic E-state index is 12.6. The molecule has 4 nitrogen and oxygen atoms in total. The lowest BCUT2D eigenvalue weighted by Crippen LogP contribution is -2.44. The van der Waals surface area contributed by atoms with Crippen LogP contribution >= 0.6 is 39.9 Å². The minimum Gasteiger partial charge on any atom is -0.328 e. The highest BCUT2D eigenvalue weighted by Gasteiger charge is 2.31. The second-order valence-electron chi connectivity index (χ2n) is 5.20. The lowest BCUT2D eigenvalue weighted by atomic mass is 9.93. The van der Waals surface area contributed by atoms with Crippen molar-refractivity contribution in [1.29, 1.82) is 0 Å². The third-order valence-corrected chi connectivity index (χ3v) is 6.77. The fraction of sp³-hybridized carbons (Fsp3) is 0.538. The Morgan fingerprint density at radius 3 is 2.71 bits per heavy atom. The summed E-state index contributed by atoms with van der Waals surface area (Å²) in [7, 11) is -3.48. The third kappa shape index (κ3) is 4.33. The van der Waals surface area contributed by atoms with Gasteiger partial charge in [-0.25, -0.2) is 8.42 Å². The molecule has 2 atom stereocenters. The van der Waals surface area contributed by atoms with E-state index in [1.807, 2.05) is 6.92 Å². The van der Waals surface area contributed by atoms with Crippen LogP contribution in [-0.4, -0.2) is 31.9 Å². The van der Waals surface area contributed by atoms with Crippen molar-refractivity contribution in [2.45, 2.75) is 30.7 Å². The van der Waals surface area contributed by atoms with Crippen LogP contribution in [0.3, 0.4) is 0 Å². The second kappa shape index (κ2) is 7.62. The fourth-order valence-corrected chi connectivity index (χ4v) is 4.62. The molecular formula is C13H19BrCl2N2O2S. The molecule has 8 heteroatoms. The number of hydrogen-bond acceptors (Lipinski definition) is 3. The van der Waals surface area contributed by atoms with Crippen molar-refractivity contribution >= 4 is 50.0 Å². The van der Waals surface area contributed by atoms with Gasteiger partial charge in [-0.15, -0.1) is 12.4 Å². The van der Waals surface area contributed by atoms with Crippen molar-refractivity contribution in [2.75, 3.05) is 13.1 Å². The monoisotopic (exact) mass is 416 g/mol. The molecule has 1 saturated heterocycles. The molecule has 2 rings (SSSR count). The number of sulfonamides is 1. The molecule has 0 radical (unpaired) electrons. The quantitative estimate of drug-likeness (QED) is 0.820. The summed E-state index contributed by atoms with van der Waals surface area (Å²) >= 11 is 9.17. The van der Waals surface area contributed by atoms with E-state index in [4.69, 9.17) is 17.3 Å². The third-order valence-electron chi connectivity index (χ3n) is 3.69. The predicted octanol–water partition coefficient (Wildman–Crippen LogP) is 3.27. The average molecular weight is 418 g/mol. The zero-order valence-corrected chi connectivity index (χ0v) is 15.6. The van der Waals surface area contributed by atoms with E-state index in [1.165, 1.54) is 10.4 Å². The lowest BCUT2D eigenvalue weighted by Gasteiger charge is -2.33. The van der Waals surface area contributed by atoms with Gasteiger partial charge in [0.15, 0.2) is 0 Å². The summed E-state index contributed by atoms with van der Waals surface area (Å²) < 4.78 is 27.4. The van der Waals surface area contributed by atoms with E-state index in [0.29, 0.717) is 22.6 Å². The molecule has 2 unspecified atom stereocenters. The summed E-state index contributed by atoms with van der Waals surface area (Å²) in [5.74, 6) is 0.217. The van der Waals surface area contributed by atoms with Gasteiger partial charge < -0.3 is 5.73 Å². The van der Waals surface area contributed by atoms with Gasteiger partial charge in [-0.1, -0.05) is 11.6 Å². The van der Waals surface area contributed by atoms with Crippen LogP contribution in [0.25, 0.3) is 0 Å². The lowest BCUT2D eigenvalue weighted by molar-refractivity contribution is 0.243. The van der Waals surface area contributed by atoms with Crippen LogP contribution in [0.1, 0.15) is 19.8 Å². The maximum absolute atomic E-state index is 12.6. The second-order valence-corrected chi connectivity index (χ2v) is 8.40. The molecule has 1 fully saturated rings. The summed E-state index contributed by atoms with van der Waals surface area (Å²) in [6, 6.07) is 4.68. The van der Waals surface area contributed by atoms with Crippen molar-refractivity contribution in [2.24, 2.45) is 11.7 Å². The Bertz CT molecular complexity index is 596. The Morgan fingerprint density at radius 1 is 1.48 bits per heavy atom. The van der Waals surface area contributed by atoms with E-state index >= 15 is 0 Å². The highest BCUT2D eigenvalue weighted by atomic mass is 79.9. The molecule has 0 spiro atoms. The number of piperidine rings is 1. The van der Waals surface area contributed by atoms with Crippen LogP contribution in [0.15, 0.2) is 27.6 Å². The summed E-state index contributed by atoms with van der Waals surface area (Å²) in [6.45, 7) is 2.96. The Morgan fingerprint density at radius 2 is 2.14 bits per heavy atom. The normalized spacial score (nSPS) is 21.6. The molecule has 1 heterocycles. The summed E-state index contributed by atoms with van der Waals surface area (Å²) in [5, 5.41) is 0.496. The topological polar surface area (TPSA) is 63.4 Å². The molecule has 120 valence electrons. The molecule has 21 heavy (non-hydrogen) atoms. The molecule has 0 saturated carbocycles. The molecule has 1 aromatic rings. The smallest absolute Gasteiger partial charge is 0.243 e. The zero-order valence-electron chi connectivity index (χ0n) is 11.6. The maximum Gasteiger partial charge on any atom is 0.243 e. The van der Waals surface area contributed by atoms with E-state index < -0.39 is 10.0 Å². The van der Waals surface area contributed by atoms with Gasteiger partial charge in [0.2, 0.25) is 10.0 Å². The summed E-state index contributed by atoms with van der Waals surface area (Å²) in [4.78, 5) is 0.263. The first kappa shape index (κ1) is 19.2. The molecule has 0 aliphatic carbocycles. The van der Waals surface area contributed by atoms with Gasteiger partial charge in [0.1, 0.15) is 0 Å². The first-order chi connectivity index (χ1) is 9.32. The largest absolute Gasteiger partial charge is 0.328 e. The van der Waals surface area contributed by atoms with Crippen LogP contribution in [0.5, 0.6) is 0 Å². The van der Waals surface area contributed by atoms with Gasteiger partial charge >= 0.3 is 0 Å². The Kier molecular flexibility index (Phi) is 6.96. The summed E-state index contributed by atoms with van der Waals surface area (Å²) in [6.07, 6.45) is 1.83. The molecule has 2 N–H and O–H groups in total. The minimum absolute atomic E-state index is 0. The number of rotatable bonds is 3. The van der Waals surface area contributed by atoms with Crippen molar-refractivity contribution in [1.82, 2.24) is 4.31 Å². The number of nitrogens with two attached hydrogens (primary N) is 1. The first-order valence-corrected chi connectivity index (χ1v) is 9.14. The molecule has 0 amide bonds. The van der Waals surface area contributed by atoms with E-state index in [-0.39, 0.29) is 29.3 Å². The van der Waals surface area contributed by atoms with Gasteiger partial charge in [-0.3, -0.25) is 0 Å². The van der Waals surface area contributed by atoms with E-state index in [1.54, 1.807) is 12.1 Å². The highest BCUT2D eigenvalue weighted by Crippen LogP contribution is 2.29. The van der Waals surface area contributed by atoms with Gasteiger partial charge in [0.05, 0.1) is 9.92 Å². The molecule has 1 aliphatic heterocycles. The van der Waals surface area contributed by atoms with Crippen LogP contribution in [0, 0.1) is 5.92 Å². The number of nitrogens with zero attached hydrogens (tertiary/aromatic N) is 1. The van der Waals surface area contributed by atoms with E-state index in [0.717, 1.165) is 12.8 Å². The fourth-order valence-electron chi connectivity index (χ4n) is 2.41.